The van der Waals surface area contributed by atoms with Crippen LogP contribution in [0.1, 0.15) is 17.4 Å². The summed E-state index contributed by atoms with van der Waals surface area (Å²) in [5.41, 5.74) is 9.19. The van der Waals surface area contributed by atoms with E-state index >= 15 is 0 Å². The minimum Gasteiger partial charge on any atom is -0.330 e. The molecular formula is C15H16N4. The first-order valence-corrected chi connectivity index (χ1v) is 6.32. The van der Waals surface area contributed by atoms with Gasteiger partial charge in [-0.15, -0.1) is 0 Å². The van der Waals surface area contributed by atoms with Gasteiger partial charge in [0.2, 0.25) is 0 Å². The highest BCUT2D eigenvalue weighted by Crippen LogP contribution is 2.18. The van der Waals surface area contributed by atoms with E-state index in [1.54, 1.807) is 6.20 Å². The summed E-state index contributed by atoms with van der Waals surface area (Å²) in [5, 5.41) is 0. The van der Waals surface area contributed by atoms with Crippen LogP contribution in [-0.2, 0) is 13.5 Å². The van der Waals surface area contributed by atoms with E-state index in [-0.39, 0.29) is 6.04 Å². The summed E-state index contributed by atoms with van der Waals surface area (Å²) in [6.07, 6.45) is 2.47. The summed E-state index contributed by atoms with van der Waals surface area (Å²) in [6, 6.07) is 14.0. The molecule has 3 aromatic rings. The van der Waals surface area contributed by atoms with Gasteiger partial charge in [-0.3, -0.25) is 0 Å². The van der Waals surface area contributed by atoms with Gasteiger partial charge in [-0.05, 0) is 17.7 Å². The Labute approximate surface area is 111 Å². The molecule has 96 valence electrons. The molecule has 4 nitrogen and oxygen atoms in total. The summed E-state index contributed by atoms with van der Waals surface area (Å²) in [6.45, 7) is 0. The van der Waals surface area contributed by atoms with E-state index in [1.165, 1.54) is 0 Å². The first-order valence-electron chi connectivity index (χ1n) is 6.32. The Morgan fingerprint density at radius 2 is 1.95 bits per heavy atom. The molecule has 2 heterocycles. The van der Waals surface area contributed by atoms with E-state index in [2.05, 4.69) is 14.5 Å². The van der Waals surface area contributed by atoms with E-state index in [9.17, 15) is 0 Å². The number of rotatable bonds is 3. The number of pyridine rings is 1. The van der Waals surface area contributed by atoms with Crippen molar-refractivity contribution >= 4 is 11.2 Å². The molecule has 0 spiro atoms. The predicted octanol–water partition coefficient (Wildman–Crippen LogP) is 2.21. The Bertz CT molecular complexity index is 688. The third-order valence-electron chi connectivity index (χ3n) is 3.38. The Morgan fingerprint density at radius 1 is 1.16 bits per heavy atom. The molecule has 3 rings (SSSR count). The number of nitrogens with two attached hydrogens (primary N) is 1. The van der Waals surface area contributed by atoms with Gasteiger partial charge in [-0.1, -0.05) is 30.3 Å². The SMILES string of the molecule is Cn1c(CC(N)c2ccccc2)nc2ncccc21. The Kier molecular flexibility index (Phi) is 3.01. The maximum Gasteiger partial charge on any atom is 0.177 e. The lowest BCUT2D eigenvalue weighted by Crippen LogP contribution is -2.15. The van der Waals surface area contributed by atoms with Crippen LogP contribution in [0.5, 0.6) is 0 Å². The van der Waals surface area contributed by atoms with Crippen molar-refractivity contribution in [2.24, 2.45) is 12.8 Å². The molecule has 0 aliphatic rings. The molecule has 1 aromatic carbocycles. The Morgan fingerprint density at radius 3 is 2.68 bits per heavy atom. The van der Waals surface area contributed by atoms with Crippen molar-refractivity contribution in [3.8, 4) is 0 Å². The molecule has 0 radical (unpaired) electrons. The molecule has 0 amide bonds. The molecular weight excluding hydrogens is 236 g/mol. The van der Waals surface area contributed by atoms with Crippen LogP contribution >= 0.6 is 0 Å². The van der Waals surface area contributed by atoms with Crippen molar-refractivity contribution < 1.29 is 0 Å². The highest BCUT2D eigenvalue weighted by Gasteiger charge is 2.13. The average Bonchev–Trinajstić information content (AvgIpc) is 2.77. The molecule has 19 heavy (non-hydrogen) atoms. The number of nitrogens with zero attached hydrogens (tertiary/aromatic N) is 3. The number of benzene rings is 1. The van der Waals surface area contributed by atoms with Gasteiger partial charge in [0.1, 0.15) is 5.82 Å². The third kappa shape index (κ3) is 2.22. The monoisotopic (exact) mass is 252 g/mol. The molecule has 0 aliphatic heterocycles. The average molecular weight is 252 g/mol. The minimum absolute atomic E-state index is 0.0447. The van der Waals surface area contributed by atoms with E-state index in [0.29, 0.717) is 6.42 Å². The van der Waals surface area contributed by atoms with Gasteiger partial charge in [-0.2, -0.15) is 0 Å². The second-order valence-electron chi connectivity index (χ2n) is 4.65. The van der Waals surface area contributed by atoms with Crippen LogP contribution in [0, 0.1) is 0 Å². The first kappa shape index (κ1) is 11.9. The molecule has 0 bridgehead atoms. The Balaban J connectivity index is 1.91. The molecule has 1 unspecified atom stereocenters. The maximum absolute atomic E-state index is 6.24. The number of aryl methyl sites for hydroxylation is 1. The fourth-order valence-electron chi connectivity index (χ4n) is 2.27. The van der Waals surface area contributed by atoms with Crippen molar-refractivity contribution in [1.82, 2.24) is 14.5 Å². The van der Waals surface area contributed by atoms with Crippen molar-refractivity contribution in [2.75, 3.05) is 0 Å². The lowest BCUT2D eigenvalue weighted by atomic mass is 10.0. The van der Waals surface area contributed by atoms with E-state index < -0.39 is 0 Å². The Hall–Kier alpha value is -2.20. The number of hydrogen-bond acceptors (Lipinski definition) is 3. The zero-order valence-electron chi connectivity index (χ0n) is 10.8. The molecule has 1 atom stereocenters. The van der Waals surface area contributed by atoms with Crippen molar-refractivity contribution in [2.45, 2.75) is 12.5 Å². The van der Waals surface area contributed by atoms with Gasteiger partial charge >= 0.3 is 0 Å². The lowest BCUT2D eigenvalue weighted by Gasteiger charge is -2.11. The smallest absolute Gasteiger partial charge is 0.177 e. The number of fused-ring (bicyclic) bond motifs is 1. The molecule has 2 N–H and O–H groups in total. The van der Waals surface area contributed by atoms with Crippen LogP contribution in [-0.4, -0.2) is 14.5 Å². The predicted molar refractivity (Wildman–Crippen MR) is 75.6 cm³/mol. The normalized spacial score (nSPS) is 12.7. The van der Waals surface area contributed by atoms with Crippen LogP contribution in [0.2, 0.25) is 0 Å². The zero-order chi connectivity index (χ0) is 13.2. The van der Waals surface area contributed by atoms with E-state index in [4.69, 9.17) is 5.73 Å². The number of aromatic nitrogens is 3. The van der Waals surface area contributed by atoms with Gasteiger partial charge in [0, 0.05) is 25.7 Å². The quantitative estimate of drug-likeness (QED) is 0.777. The lowest BCUT2D eigenvalue weighted by molar-refractivity contribution is 0.665. The maximum atomic E-state index is 6.24. The summed E-state index contributed by atoms with van der Waals surface area (Å²) in [5.74, 6) is 0.963. The topological polar surface area (TPSA) is 56.7 Å². The van der Waals surface area contributed by atoms with Gasteiger partial charge < -0.3 is 10.3 Å². The summed E-state index contributed by atoms with van der Waals surface area (Å²) in [7, 11) is 2.00. The van der Waals surface area contributed by atoms with Crippen LogP contribution < -0.4 is 5.73 Å². The fourth-order valence-corrected chi connectivity index (χ4v) is 2.27. The van der Waals surface area contributed by atoms with Crippen LogP contribution in [0.3, 0.4) is 0 Å². The highest BCUT2D eigenvalue weighted by molar-refractivity contribution is 5.71. The summed E-state index contributed by atoms with van der Waals surface area (Å²) >= 11 is 0. The largest absolute Gasteiger partial charge is 0.330 e. The van der Waals surface area contributed by atoms with Gasteiger partial charge in [0.25, 0.3) is 0 Å². The van der Waals surface area contributed by atoms with Gasteiger partial charge in [0.05, 0.1) is 5.52 Å². The molecule has 0 saturated carbocycles. The molecule has 4 heteroatoms. The second kappa shape index (κ2) is 4.82. The third-order valence-corrected chi connectivity index (χ3v) is 3.38. The van der Waals surface area contributed by atoms with Crippen molar-refractivity contribution in [1.29, 1.82) is 0 Å². The van der Waals surface area contributed by atoms with E-state index in [1.807, 2.05) is 49.5 Å². The van der Waals surface area contributed by atoms with Gasteiger partial charge in [-0.25, -0.2) is 9.97 Å². The van der Waals surface area contributed by atoms with Crippen LogP contribution in [0.15, 0.2) is 48.7 Å². The molecule has 0 fully saturated rings. The summed E-state index contributed by atoms with van der Waals surface area (Å²) < 4.78 is 2.06. The number of imidazole rings is 1. The molecule has 2 aromatic heterocycles. The highest BCUT2D eigenvalue weighted by atomic mass is 15.1. The van der Waals surface area contributed by atoms with Crippen molar-refractivity contribution in [3.05, 3.63) is 60.0 Å². The van der Waals surface area contributed by atoms with Crippen LogP contribution in [0.25, 0.3) is 11.2 Å². The fraction of sp³-hybridized carbons (Fsp3) is 0.200. The first-order chi connectivity index (χ1) is 9.25. The second-order valence-corrected chi connectivity index (χ2v) is 4.65. The summed E-state index contributed by atoms with van der Waals surface area (Å²) in [4.78, 5) is 8.82. The van der Waals surface area contributed by atoms with Crippen molar-refractivity contribution in [3.63, 3.8) is 0 Å². The van der Waals surface area contributed by atoms with Gasteiger partial charge in [0.15, 0.2) is 5.65 Å². The zero-order valence-corrected chi connectivity index (χ0v) is 10.8. The number of hydrogen-bond donors (Lipinski definition) is 1. The van der Waals surface area contributed by atoms with E-state index in [0.717, 1.165) is 22.6 Å². The molecule has 0 saturated heterocycles. The standard InChI is InChI=1S/C15H16N4/c1-19-13-8-5-9-17-15(13)18-14(19)10-12(16)11-6-3-2-4-7-11/h2-9,12H,10,16H2,1H3. The minimum atomic E-state index is -0.0447. The van der Waals surface area contributed by atoms with Crippen LogP contribution in [0.4, 0.5) is 0 Å². The molecule has 0 aliphatic carbocycles.